The molecular formula is C13H23F3N2O. The maximum Gasteiger partial charge on any atom is 0.391 e. The van der Waals surface area contributed by atoms with Gasteiger partial charge in [0.15, 0.2) is 0 Å². The first-order chi connectivity index (χ1) is 9.00. The number of likely N-dealkylation sites (N-methyl/N-ethyl adjacent to an activating group) is 1. The molecule has 6 heteroatoms. The smallest absolute Gasteiger partial charge is 0.381 e. The minimum atomic E-state index is -4.02. The van der Waals surface area contributed by atoms with E-state index in [-0.39, 0.29) is 12.8 Å². The highest BCUT2D eigenvalue weighted by Crippen LogP contribution is 2.34. The minimum absolute atomic E-state index is 0.237. The van der Waals surface area contributed by atoms with Gasteiger partial charge < -0.3 is 15.0 Å². The number of ether oxygens (including phenoxy) is 1. The molecule has 112 valence electrons. The highest BCUT2D eigenvalue weighted by Gasteiger charge is 2.41. The second kappa shape index (κ2) is 6.41. The zero-order valence-electron chi connectivity index (χ0n) is 11.4. The van der Waals surface area contributed by atoms with E-state index < -0.39 is 12.1 Å². The van der Waals surface area contributed by atoms with E-state index in [0.717, 1.165) is 26.2 Å². The number of alkyl halides is 3. The van der Waals surface area contributed by atoms with Gasteiger partial charge in [-0.25, -0.2) is 0 Å². The van der Waals surface area contributed by atoms with Crippen molar-refractivity contribution < 1.29 is 17.9 Å². The topological polar surface area (TPSA) is 24.5 Å². The Hall–Kier alpha value is -0.330. The Morgan fingerprint density at radius 1 is 1.26 bits per heavy atom. The summed E-state index contributed by atoms with van der Waals surface area (Å²) in [6, 6.07) is 0.324. The van der Waals surface area contributed by atoms with E-state index in [1.807, 2.05) is 7.05 Å². The molecule has 2 unspecified atom stereocenters. The third-order valence-electron chi connectivity index (χ3n) is 4.41. The highest BCUT2D eigenvalue weighted by atomic mass is 19.4. The van der Waals surface area contributed by atoms with Gasteiger partial charge in [0.25, 0.3) is 0 Å². The molecule has 0 amide bonds. The summed E-state index contributed by atoms with van der Waals surface area (Å²) in [5.41, 5.74) is 0. The van der Waals surface area contributed by atoms with Crippen molar-refractivity contribution in [2.45, 2.75) is 31.5 Å². The Bertz CT molecular complexity index is 272. The van der Waals surface area contributed by atoms with Crippen LogP contribution in [0.25, 0.3) is 0 Å². The largest absolute Gasteiger partial charge is 0.391 e. The molecule has 1 N–H and O–H groups in total. The molecule has 2 atom stereocenters. The lowest BCUT2D eigenvalue weighted by atomic mass is 9.94. The van der Waals surface area contributed by atoms with E-state index in [9.17, 15) is 13.2 Å². The minimum Gasteiger partial charge on any atom is -0.381 e. The van der Waals surface area contributed by atoms with Gasteiger partial charge >= 0.3 is 6.18 Å². The molecule has 0 aliphatic carbocycles. The third kappa shape index (κ3) is 4.07. The van der Waals surface area contributed by atoms with E-state index in [0.29, 0.717) is 25.0 Å². The van der Waals surface area contributed by atoms with Gasteiger partial charge in [0, 0.05) is 25.1 Å². The molecule has 2 heterocycles. The van der Waals surface area contributed by atoms with Crippen LogP contribution in [0, 0.1) is 11.8 Å². The number of rotatable bonds is 4. The number of hydrogen-bond acceptors (Lipinski definition) is 3. The Kier molecular flexibility index (Phi) is 5.09. The first-order valence-corrected chi connectivity index (χ1v) is 7.04. The zero-order valence-corrected chi connectivity index (χ0v) is 11.4. The molecule has 0 saturated carbocycles. The molecular weight excluding hydrogens is 257 g/mol. The molecule has 2 fully saturated rings. The maximum atomic E-state index is 12.6. The molecule has 0 radical (unpaired) electrons. The van der Waals surface area contributed by atoms with Crippen LogP contribution in [0.3, 0.4) is 0 Å². The van der Waals surface area contributed by atoms with Crippen LogP contribution in [0.1, 0.15) is 19.3 Å². The van der Waals surface area contributed by atoms with Crippen molar-refractivity contribution in [1.82, 2.24) is 10.2 Å². The van der Waals surface area contributed by atoms with Crippen LogP contribution in [0.5, 0.6) is 0 Å². The van der Waals surface area contributed by atoms with Gasteiger partial charge in [-0.15, -0.1) is 0 Å². The summed E-state index contributed by atoms with van der Waals surface area (Å²) >= 11 is 0. The number of piperidine rings is 1. The van der Waals surface area contributed by atoms with Gasteiger partial charge in [-0.05, 0) is 39.4 Å². The molecule has 0 bridgehead atoms. The molecule has 3 nitrogen and oxygen atoms in total. The Morgan fingerprint density at radius 3 is 2.42 bits per heavy atom. The van der Waals surface area contributed by atoms with Gasteiger partial charge in [0.05, 0.1) is 12.5 Å². The molecule has 2 aliphatic rings. The Balaban J connectivity index is 1.77. The van der Waals surface area contributed by atoms with Gasteiger partial charge in [-0.1, -0.05) is 0 Å². The molecule has 0 spiro atoms. The predicted molar refractivity (Wildman–Crippen MR) is 67.0 cm³/mol. The van der Waals surface area contributed by atoms with E-state index >= 15 is 0 Å². The van der Waals surface area contributed by atoms with E-state index in [1.165, 1.54) is 0 Å². The summed E-state index contributed by atoms with van der Waals surface area (Å²) in [5.74, 6) is -0.614. The number of nitrogens with zero attached hydrogens (tertiary/aromatic N) is 1. The van der Waals surface area contributed by atoms with Gasteiger partial charge in [0.2, 0.25) is 0 Å². The monoisotopic (exact) mass is 280 g/mol. The Morgan fingerprint density at radius 2 is 1.95 bits per heavy atom. The molecule has 2 saturated heterocycles. The van der Waals surface area contributed by atoms with Crippen LogP contribution in [-0.4, -0.2) is 57.0 Å². The number of nitrogens with one attached hydrogen (secondary N) is 1. The second-order valence-corrected chi connectivity index (χ2v) is 5.64. The van der Waals surface area contributed by atoms with E-state index in [4.69, 9.17) is 4.74 Å². The van der Waals surface area contributed by atoms with Gasteiger partial charge in [-0.3, -0.25) is 0 Å². The molecule has 19 heavy (non-hydrogen) atoms. The summed E-state index contributed by atoms with van der Waals surface area (Å²) < 4.78 is 43.2. The van der Waals surface area contributed by atoms with Crippen LogP contribution >= 0.6 is 0 Å². The van der Waals surface area contributed by atoms with Gasteiger partial charge in [0.1, 0.15) is 0 Å². The average molecular weight is 280 g/mol. The lowest BCUT2D eigenvalue weighted by molar-refractivity contribution is -0.185. The van der Waals surface area contributed by atoms with Crippen LogP contribution in [0.2, 0.25) is 0 Å². The Labute approximate surface area is 112 Å². The second-order valence-electron chi connectivity index (χ2n) is 5.64. The lowest BCUT2D eigenvalue weighted by Gasteiger charge is -2.36. The molecule has 2 rings (SSSR count). The van der Waals surface area contributed by atoms with E-state index in [2.05, 4.69) is 10.2 Å². The standard InChI is InChI=1S/C13H23F3N2O/c1-17-12(10-4-7-19-9-10)8-18-5-2-11(3-6-18)13(14,15)16/h10-12,17H,2-9H2,1H3. The fraction of sp³-hybridized carbons (Fsp3) is 1.00. The average Bonchev–Trinajstić information content (AvgIpc) is 2.89. The predicted octanol–water partition coefficient (Wildman–Crippen LogP) is 1.89. The van der Waals surface area contributed by atoms with Crippen LogP contribution in [0.15, 0.2) is 0 Å². The van der Waals surface area contributed by atoms with Crippen molar-refractivity contribution in [2.75, 3.05) is 39.9 Å². The first-order valence-electron chi connectivity index (χ1n) is 7.04. The SMILES string of the molecule is CNC(CN1CCC(C(F)(F)F)CC1)C1CCOC1. The summed E-state index contributed by atoms with van der Waals surface area (Å²) in [6.45, 7) is 3.50. The van der Waals surface area contributed by atoms with Crippen molar-refractivity contribution in [2.24, 2.45) is 11.8 Å². The molecule has 0 aromatic carbocycles. The molecule has 0 aromatic rings. The summed E-state index contributed by atoms with van der Waals surface area (Å²) in [6.07, 6.45) is -2.50. The first kappa shape index (κ1) is 15.1. The highest BCUT2D eigenvalue weighted by molar-refractivity contribution is 4.84. The number of likely N-dealkylation sites (tertiary alicyclic amines) is 1. The fourth-order valence-electron chi connectivity index (χ4n) is 3.07. The molecule has 0 aromatic heterocycles. The fourth-order valence-corrected chi connectivity index (χ4v) is 3.07. The maximum absolute atomic E-state index is 12.6. The zero-order chi connectivity index (χ0) is 13.9. The van der Waals surface area contributed by atoms with Crippen molar-refractivity contribution in [3.05, 3.63) is 0 Å². The molecule has 2 aliphatic heterocycles. The quantitative estimate of drug-likeness (QED) is 0.851. The number of hydrogen-bond donors (Lipinski definition) is 1. The van der Waals surface area contributed by atoms with Crippen molar-refractivity contribution in [3.8, 4) is 0 Å². The van der Waals surface area contributed by atoms with Crippen molar-refractivity contribution >= 4 is 0 Å². The third-order valence-corrected chi connectivity index (χ3v) is 4.41. The normalized spacial score (nSPS) is 28.7. The lowest BCUT2D eigenvalue weighted by Crippen LogP contribution is -2.48. The van der Waals surface area contributed by atoms with Crippen molar-refractivity contribution in [3.63, 3.8) is 0 Å². The van der Waals surface area contributed by atoms with Gasteiger partial charge in [-0.2, -0.15) is 13.2 Å². The summed E-state index contributed by atoms with van der Waals surface area (Å²) in [4.78, 5) is 2.15. The van der Waals surface area contributed by atoms with Crippen LogP contribution in [0.4, 0.5) is 13.2 Å². The summed E-state index contributed by atoms with van der Waals surface area (Å²) in [7, 11) is 1.92. The number of halogens is 3. The summed E-state index contributed by atoms with van der Waals surface area (Å²) in [5, 5.41) is 3.29. The van der Waals surface area contributed by atoms with Crippen molar-refractivity contribution in [1.29, 1.82) is 0 Å². The van der Waals surface area contributed by atoms with Crippen LogP contribution < -0.4 is 5.32 Å². The van der Waals surface area contributed by atoms with E-state index in [1.54, 1.807) is 0 Å². The van der Waals surface area contributed by atoms with Crippen LogP contribution in [-0.2, 0) is 4.74 Å².